The second-order valence-corrected chi connectivity index (χ2v) is 5.48. The Hall–Kier alpha value is -3.62. The quantitative estimate of drug-likeness (QED) is 0.742. The van der Waals surface area contributed by atoms with E-state index in [2.05, 4.69) is 15.4 Å². The van der Waals surface area contributed by atoms with E-state index >= 15 is 0 Å². The first kappa shape index (κ1) is 18.2. The summed E-state index contributed by atoms with van der Waals surface area (Å²) in [6, 6.07) is 9.61. The Balaban J connectivity index is 1.73. The summed E-state index contributed by atoms with van der Waals surface area (Å²) >= 11 is 0. The van der Waals surface area contributed by atoms with Gasteiger partial charge in [-0.05, 0) is 36.4 Å². The lowest BCUT2D eigenvalue weighted by Gasteiger charge is -2.08. The van der Waals surface area contributed by atoms with Crippen LogP contribution < -0.4 is 15.7 Å². The number of carbonyl (C=O) groups excluding carboxylic acids is 1. The Bertz CT molecular complexity index is 1040. The zero-order valence-corrected chi connectivity index (χ0v) is 14.1. The number of anilines is 1. The number of amides is 1. The number of hydrogen-bond acceptors (Lipinski definition) is 5. The molecule has 0 bridgehead atoms. The minimum absolute atomic E-state index is 0.197. The fraction of sp³-hybridized carbons (Fsp3) is 0.111. The Labute approximate surface area is 152 Å². The Morgan fingerprint density at radius 1 is 1.19 bits per heavy atom. The topological polar surface area (TPSA) is 86.1 Å². The summed E-state index contributed by atoms with van der Waals surface area (Å²) in [6.45, 7) is -0.467. The van der Waals surface area contributed by atoms with Gasteiger partial charge in [0.1, 0.15) is 23.9 Å². The number of aromatic nitrogens is 3. The number of nitrogens with one attached hydrogen (secondary N) is 1. The lowest BCUT2D eigenvalue weighted by atomic mass is 10.1. The first-order valence-electron chi connectivity index (χ1n) is 7.80. The number of benzene rings is 2. The van der Waals surface area contributed by atoms with E-state index in [0.29, 0.717) is 23.1 Å². The molecule has 138 valence electrons. The molecule has 1 aromatic heterocycles. The van der Waals surface area contributed by atoms with Crippen LogP contribution >= 0.6 is 0 Å². The van der Waals surface area contributed by atoms with E-state index in [1.54, 1.807) is 31.4 Å². The maximum Gasteiger partial charge on any atom is 0.365 e. The fourth-order valence-corrected chi connectivity index (χ4v) is 2.29. The molecule has 0 aliphatic heterocycles. The van der Waals surface area contributed by atoms with Gasteiger partial charge < -0.3 is 10.1 Å². The standard InChI is InChI=1S/C18H14F2N4O3/c1-27-13-5-2-11(3-6-13)16-9-21-24(18(26)23-16)10-17(25)22-15-7-4-12(19)8-14(15)20/h2-9H,10H2,1H3,(H,22,25). The maximum absolute atomic E-state index is 13.6. The number of ether oxygens (including phenoxy) is 1. The number of rotatable bonds is 5. The highest BCUT2D eigenvalue weighted by molar-refractivity contribution is 5.90. The molecule has 0 saturated heterocycles. The van der Waals surface area contributed by atoms with Crippen LogP contribution in [0.5, 0.6) is 5.75 Å². The van der Waals surface area contributed by atoms with Crippen molar-refractivity contribution in [2.75, 3.05) is 12.4 Å². The molecule has 0 atom stereocenters. The van der Waals surface area contributed by atoms with E-state index in [9.17, 15) is 18.4 Å². The van der Waals surface area contributed by atoms with Crippen molar-refractivity contribution < 1.29 is 18.3 Å². The van der Waals surface area contributed by atoms with Gasteiger partial charge in [-0.1, -0.05) is 0 Å². The van der Waals surface area contributed by atoms with Crippen LogP contribution in [0.3, 0.4) is 0 Å². The van der Waals surface area contributed by atoms with Gasteiger partial charge in [-0.3, -0.25) is 4.79 Å². The molecular formula is C18H14F2N4O3. The number of methoxy groups -OCH3 is 1. The lowest BCUT2D eigenvalue weighted by Crippen LogP contribution is -2.31. The van der Waals surface area contributed by atoms with Crippen LogP contribution in [0.1, 0.15) is 0 Å². The second-order valence-electron chi connectivity index (χ2n) is 5.48. The molecule has 1 heterocycles. The van der Waals surface area contributed by atoms with Gasteiger partial charge in [0.15, 0.2) is 0 Å². The molecule has 0 unspecified atom stereocenters. The molecule has 0 aliphatic carbocycles. The van der Waals surface area contributed by atoms with Gasteiger partial charge >= 0.3 is 5.69 Å². The summed E-state index contributed by atoms with van der Waals surface area (Å²) in [7, 11) is 1.54. The Kier molecular flexibility index (Phi) is 5.20. The minimum atomic E-state index is -0.920. The summed E-state index contributed by atoms with van der Waals surface area (Å²) in [5, 5.41) is 6.16. The summed E-state index contributed by atoms with van der Waals surface area (Å²) in [5.74, 6) is -1.72. The molecule has 0 fully saturated rings. The molecule has 27 heavy (non-hydrogen) atoms. The zero-order chi connectivity index (χ0) is 19.4. The van der Waals surface area contributed by atoms with Gasteiger partial charge in [0.2, 0.25) is 5.91 Å². The van der Waals surface area contributed by atoms with Gasteiger partial charge in [-0.2, -0.15) is 10.1 Å². The van der Waals surface area contributed by atoms with E-state index in [1.807, 2.05) is 0 Å². The maximum atomic E-state index is 13.6. The van der Waals surface area contributed by atoms with Crippen molar-refractivity contribution in [1.29, 1.82) is 0 Å². The van der Waals surface area contributed by atoms with Gasteiger partial charge in [-0.15, -0.1) is 0 Å². The summed E-state index contributed by atoms with van der Waals surface area (Å²) < 4.78 is 32.3. The van der Waals surface area contributed by atoms with Crippen LogP contribution in [0.25, 0.3) is 11.3 Å². The van der Waals surface area contributed by atoms with Crippen molar-refractivity contribution >= 4 is 11.6 Å². The van der Waals surface area contributed by atoms with Crippen molar-refractivity contribution in [2.45, 2.75) is 6.54 Å². The zero-order valence-electron chi connectivity index (χ0n) is 14.1. The fourth-order valence-electron chi connectivity index (χ4n) is 2.29. The molecule has 1 N–H and O–H groups in total. The molecule has 0 aliphatic rings. The van der Waals surface area contributed by atoms with Gasteiger partial charge in [0.05, 0.1) is 24.7 Å². The van der Waals surface area contributed by atoms with Crippen molar-refractivity contribution in [3.05, 3.63) is 70.8 Å². The van der Waals surface area contributed by atoms with E-state index < -0.39 is 29.8 Å². The second kappa shape index (κ2) is 7.73. The van der Waals surface area contributed by atoms with Crippen molar-refractivity contribution in [3.8, 4) is 17.0 Å². The predicted octanol–water partition coefficient (Wildman–Crippen LogP) is 2.23. The summed E-state index contributed by atoms with van der Waals surface area (Å²) in [4.78, 5) is 28.0. The molecule has 0 radical (unpaired) electrons. The van der Waals surface area contributed by atoms with E-state index in [1.165, 1.54) is 6.20 Å². The van der Waals surface area contributed by atoms with Crippen molar-refractivity contribution in [2.24, 2.45) is 0 Å². The lowest BCUT2D eigenvalue weighted by molar-refractivity contribution is -0.117. The van der Waals surface area contributed by atoms with Crippen LogP contribution in [0, 0.1) is 11.6 Å². The van der Waals surface area contributed by atoms with Crippen LogP contribution in [-0.2, 0) is 11.3 Å². The number of nitrogens with zero attached hydrogens (tertiary/aromatic N) is 3. The Morgan fingerprint density at radius 3 is 2.56 bits per heavy atom. The van der Waals surface area contributed by atoms with Crippen LogP contribution in [0.15, 0.2) is 53.5 Å². The smallest absolute Gasteiger partial charge is 0.365 e. The van der Waals surface area contributed by atoms with Crippen molar-refractivity contribution in [3.63, 3.8) is 0 Å². The van der Waals surface area contributed by atoms with E-state index in [0.717, 1.165) is 16.8 Å². The van der Waals surface area contributed by atoms with E-state index in [-0.39, 0.29) is 5.69 Å². The number of halogens is 2. The van der Waals surface area contributed by atoms with Gasteiger partial charge in [0, 0.05) is 11.6 Å². The summed E-state index contributed by atoms with van der Waals surface area (Å²) in [6.07, 6.45) is 1.34. The monoisotopic (exact) mass is 372 g/mol. The molecular weight excluding hydrogens is 358 g/mol. The SMILES string of the molecule is COc1ccc(-c2cnn(CC(=O)Nc3ccc(F)cc3F)c(=O)n2)cc1. The Morgan fingerprint density at radius 2 is 1.93 bits per heavy atom. The molecule has 1 amide bonds. The highest BCUT2D eigenvalue weighted by Crippen LogP contribution is 2.19. The van der Waals surface area contributed by atoms with Crippen LogP contribution in [-0.4, -0.2) is 27.8 Å². The first-order valence-corrected chi connectivity index (χ1v) is 7.80. The normalized spacial score (nSPS) is 10.5. The van der Waals surface area contributed by atoms with Crippen LogP contribution in [0.2, 0.25) is 0 Å². The number of carbonyl (C=O) groups is 1. The minimum Gasteiger partial charge on any atom is -0.497 e. The molecule has 7 nitrogen and oxygen atoms in total. The highest BCUT2D eigenvalue weighted by atomic mass is 19.1. The van der Waals surface area contributed by atoms with Gasteiger partial charge in [-0.25, -0.2) is 18.3 Å². The average molecular weight is 372 g/mol. The number of hydrogen-bond donors (Lipinski definition) is 1. The highest BCUT2D eigenvalue weighted by Gasteiger charge is 2.11. The van der Waals surface area contributed by atoms with Gasteiger partial charge in [0.25, 0.3) is 0 Å². The summed E-state index contributed by atoms with van der Waals surface area (Å²) in [5.41, 5.74) is 0.0598. The van der Waals surface area contributed by atoms with Crippen molar-refractivity contribution in [1.82, 2.24) is 14.8 Å². The first-order chi connectivity index (χ1) is 13.0. The van der Waals surface area contributed by atoms with E-state index in [4.69, 9.17) is 4.74 Å². The molecule has 0 spiro atoms. The third-order valence-corrected chi connectivity index (χ3v) is 3.64. The average Bonchev–Trinajstić information content (AvgIpc) is 2.66. The largest absolute Gasteiger partial charge is 0.497 e. The molecule has 9 heteroatoms. The molecule has 0 saturated carbocycles. The predicted molar refractivity (Wildman–Crippen MR) is 93.3 cm³/mol. The molecule has 2 aromatic carbocycles. The molecule has 3 rings (SSSR count). The van der Waals surface area contributed by atoms with Crippen LogP contribution in [0.4, 0.5) is 14.5 Å². The third-order valence-electron chi connectivity index (χ3n) is 3.64. The molecule has 3 aromatic rings. The third kappa shape index (κ3) is 4.32.